The molecule has 0 aliphatic rings. The molecule has 0 saturated carbocycles. The van der Waals surface area contributed by atoms with Crippen LogP contribution < -0.4 is 0 Å². The molecule has 3 rings (SSSR count). The number of aromatic nitrogens is 1. The minimum atomic E-state index is -0.470. The summed E-state index contributed by atoms with van der Waals surface area (Å²) >= 11 is 6.34. The van der Waals surface area contributed by atoms with Crippen LogP contribution in [0.2, 0.25) is 5.02 Å². The van der Waals surface area contributed by atoms with Gasteiger partial charge in [0.25, 0.3) is 5.69 Å². The summed E-state index contributed by atoms with van der Waals surface area (Å²) in [7, 11) is 0. The monoisotopic (exact) mass is 377 g/mol. The maximum absolute atomic E-state index is 11.0. The van der Waals surface area contributed by atoms with Gasteiger partial charge in [0, 0.05) is 23.5 Å². The van der Waals surface area contributed by atoms with Crippen LogP contribution in [0.5, 0.6) is 0 Å². The predicted octanol–water partition coefficient (Wildman–Crippen LogP) is 5.72. The van der Waals surface area contributed by atoms with Gasteiger partial charge in [0.05, 0.1) is 27.3 Å². The average Bonchev–Trinajstić information content (AvgIpc) is 2.93. The van der Waals surface area contributed by atoms with E-state index in [4.69, 9.17) is 11.6 Å². The van der Waals surface area contributed by atoms with E-state index in [-0.39, 0.29) is 5.69 Å². The van der Waals surface area contributed by atoms with Crippen molar-refractivity contribution in [1.82, 2.24) is 4.57 Å². The highest BCUT2D eigenvalue weighted by Gasteiger charge is 2.14. The van der Waals surface area contributed by atoms with Crippen molar-refractivity contribution >= 4 is 28.9 Å². The first-order chi connectivity index (χ1) is 12.9. The lowest BCUT2D eigenvalue weighted by Gasteiger charge is -2.11. The van der Waals surface area contributed by atoms with E-state index in [1.807, 2.05) is 48.7 Å². The van der Waals surface area contributed by atoms with Crippen LogP contribution in [0.4, 0.5) is 5.69 Å². The lowest BCUT2D eigenvalue weighted by molar-refractivity contribution is -0.384. The summed E-state index contributed by atoms with van der Waals surface area (Å²) in [6.07, 6.45) is 1.74. The second-order valence-electron chi connectivity index (χ2n) is 6.09. The lowest BCUT2D eigenvalue weighted by atomic mass is 10.0. The highest BCUT2D eigenvalue weighted by molar-refractivity contribution is 6.32. The molecule has 0 fully saturated rings. The van der Waals surface area contributed by atoms with E-state index in [1.165, 1.54) is 12.1 Å². The number of nitriles is 1. The van der Waals surface area contributed by atoms with Crippen molar-refractivity contribution in [1.29, 1.82) is 5.26 Å². The topological polar surface area (TPSA) is 71.9 Å². The number of rotatable bonds is 4. The van der Waals surface area contributed by atoms with E-state index in [9.17, 15) is 15.4 Å². The number of halogens is 1. The molecule has 27 heavy (non-hydrogen) atoms. The second-order valence-corrected chi connectivity index (χ2v) is 6.50. The molecular weight excluding hydrogens is 362 g/mol. The van der Waals surface area contributed by atoms with Gasteiger partial charge < -0.3 is 4.57 Å². The second kappa shape index (κ2) is 7.48. The summed E-state index contributed by atoms with van der Waals surface area (Å²) in [5, 5.41) is 21.2. The molecule has 0 spiro atoms. The van der Waals surface area contributed by atoms with Crippen molar-refractivity contribution < 1.29 is 4.92 Å². The molecule has 0 aliphatic heterocycles. The predicted molar refractivity (Wildman–Crippen MR) is 107 cm³/mol. The molecule has 1 heterocycles. The normalized spacial score (nSPS) is 11.3. The first-order valence-electron chi connectivity index (χ1n) is 8.23. The number of allylic oxidation sites excluding steroid dienone is 1. The Balaban J connectivity index is 2.11. The molecule has 5 nitrogen and oxygen atoms in total. The number of benzene rings is 2. The fraction of sp³-hybridized carbons (Fsp3) is 0.0952. The number of nitro groups is 1. The number of hydrogen-bond donors (Lipinski definition) is 0. The van der Waals surface area contributed by atoms with Gasteiger partial charge in [0.15, 0.2) is 0 Å². The van der Waals surface area contributed by atoms with Crippen molar-refractivity contribution in [2.45, 2.75) is 13.8 Å². The molecule has 3 aromatic rings. The number of hydrogen-bond acceptors (Lipinski definition) is 3. The Morgan fingerprint density at radius 1 is 1.19 bits per heavy atom. The fourth-order valence-corrected chi connectivity index (χ4v) is 3.28. The van der Waals surface area contributed by atoms with Crippen LogP contribution in [0.3, 0.4) is 0 Å². The summed E-state index contributed by atoms with van der Waals surface area (Å²) in [4.78, 5) is 10.5. The minimum Gasteiger partial charge on any atom is -0.316 e. The number of nitro benzene ring substituents is 1. The molecule has 0 saturated heterocycles. The summed E-state index contributed by atoms with van der Waals surface area (Å²) in [5.41, 5.74) is 4.45. The zero-order valence-electron chi connectivity index (χ0n) is 14.8. The van der Waals surface area contributed by atoms with Crippen LogP contribution in [-0.4, -0.2) is 9.49 Å². The molecule has 0 bridgehead atoms. The third-order valence-corrected chi connectivity index (χ3v) is 4.67. The van der Waals surface area contributed by atoms with Crippen molar-refractivity contribution in [3.8, 4) is 11.8 Å². The maximum atomic E-state index is 11.0. The molecule has 0 aliphatic carbocycles. The molecule has 2 aromatic carbocycles. The largest absolute Gasteiger partial charge is 0.316 e. The Kier molecular flexibility index (Phi) is 5.11. The van der Waals surface area contributed by atoms with Gasteiger partial charge in [0.2, 0.25) is 0 Å². The van der Waals surface area contributed by atoms with E-state index in [0.29, 0.717) is 16.2 Å². The van der Waals surface area contributed by atoms with E-state index >= 15 is 0 Å². The first-order valence-corrected chi connectivity index (χ1v) is 8.60. The standard InChI is InChI=1S/C21H16ClN3O2/c1-14-10-17(15(2)24(14)21-9-4-3-8-20(21)22)11-18(13-23)16-6-5-7-19(12-16)25(26)27/h3-12H,1-2H3/b18-11-. The van der Waals surface area contributed by atoms with Gasteiger partial charge in [0.1, 0.15) is 0 Å². The Labute approximate surface area is 161 Å². The van der Waals surface area contributed by atoms with E-state index < -0.39 is 4.92 Å². The summed E-state index contributed by atoms with van der Waals surface area (Å²) in [5.74, 6) is 0. The highest BCUT2D eigenvalue weighted by atomic mass is 35.5. The van der Waals surface area contributed by atoms with Crippen molar-refractivity contribution in [2.75, 3.05) is 0 Å². The van der Waals surface area contributed by atoms with Crippen LogP contribution in [-0.2, 0) is 0 Å². The Hall–Kier alpha value is -3.36. The summed E-state index contributed by atoms with van der Waals surface area (Å²) < 4.78 is 2.02. The van der Waals surface area contributed by atoms with Crippen LogP contribution in [0.1, 0.15) is 22.5 Å². The number of nitrogens with zero attached hydrogens (tertiary/aromatic N) is 3. The molecule has 0 unspecified atom stereocenters. The van der Waals surface area contributed by atoms with Gasteiger partial charge in [-0.25, -0.2) is 0 Å². The van der Waals surface area contributed by atoms with Gasteiger partial charge in [-0.2, -0.15) is 5.26 Å². The van der Waals surface area contributed by atoms with Crippen LogP contribution in [0.25, 0.3) is 17.3 Å². The number of non-ortho nitro benzene ring substituents is 1. The lowest BCUT2D eigenvalue weighted by Crippen LogP contribution is -1.99. The van der Waals surface area contributed by atoms with Crippen LogP contribution in [0.15, 0.2) is 54.6 Å². The first kappa shape index (κ1) is 18.4. The minimum absolute atomic E-state index is 0.0461. The summed E-state index contributed by atoms with van der Waals surface area (Å²) in [6.45, 7) is 3.91. The zero-order chi connectivity index (χ0) is 19.6. The average molecular weight is 378 g/mol. The molecule has 0 amide bonds. The molecule has 0 radical (unpaired) electrons. The molecule has 134 valence electrons. The van der Waals surface area contributed by atoms with Gasteiger partial charge in [-0.1, -0.05) is 35.9 Å². The number of aryl methyl sites for hydroxylation is 1. The smallest absolute Gasteiger partial charge is 0.270 e. The SMILES string of the molecule is Cc1cc(/C=C(/C#N)c2cccc([N+](=O)[O-])c2)c(C)n1-c1ccccc1Cl. The van der Waals surface area contributed by atoms with Crippen molar-refractivity contribution in [3.63, 3.8) is 0 Å². The van der Waals surface area contributed by atoms with Gasteiger partial charge in [-0.05, 0) is 49.2 Å². The molecule has 0 N–H and O–H groups in total. The third-order valence-electron chi connectivity index (χ3n) is 4.35. The van der Waals surface area contributed by atoms with E-state index in [0.717, 1.165) is 22.6 Å². The van der Waals surface area contributed by atoms with Gasteiger partial charge in [-0.15, -0.1) is 0 Å². The molecular formula is C21H16ClN3O2. The zero-order valence-corrected chi connectivity index (χ0v) is 15.6. The fourth-order valence-electron chi connectivity index (χ4n) is 3.06. The summed E-state index contributed by atoms with van der Waals surface area (Å²) in [6, 6.07) is 17.7. The van der Waals surface area contributed by atoms with Crippen LogP contribution >= 0.6 is 11.6 Å². The quantitative estimate of drug-likeness (QED) is 0.331. The molecule has 0 atom stereocenters. The third kappa shape index (κ3) is 3.62. The Morgan fingerprint density at radius 3 is 2.59 bits per heavy atom. The maximum Gasteiger partial charge on any atom is 0.270 e. The van der Waals surface area contributed by atoms with Gasteiger partial charge >= 0.3 is 0 Å². The Morgan fingerprint density at radius 2 is 1.93 bits per heavy atom. The van der Waals surface area contributed by atoms with Crippen molar-refractivity contribution in [2.24, 2.45) is 0 Å². The van der Waals surface area contributed by atoms with Crippen molar-refractivity contribution in [3.05, 3.63) is 92.2 Å². The van der Waals surface area contributed by atoms with E-state index in [1.54, 1.807) is 18.2 Å². The number of para-hydroxylation sites is 1. The van der Waals surface area contributed by atoms with Crippen LogP contribution in [0, 0.1) is 35.3 Å². The van der Waals surface area contributed by atoms with E-state index in [2.05, 4.69) is 6.07 Å². The highest BCUT2D eigenvalue weighted by Crippen LogP contribution is 2.29. The Bertz CT molecular complexity index is 1110. The van der Waals surface area contributed by atoms with Gasteiger partial charge in [-0.3, -0.25) is 10.1 Å². The molecule has 6 heteroatoms. The molecule has 1 aromatic heterocycles.